The number of aliphatic hydroxyl groups excluding tert-OH is 1. The fourth-order valence-electron chi connectivity index (χ4n) is 1.87. The minimum absolute atomic E-state index is 0.0322. The van der Waals surface area contributed by atoms with Gasteiger partial charge in [-0.3, -0.25) is 4.79 Å². The molecule has 1 rings (SSSR count). The van der Waals surface area contributed by atoms with Crippen molar-refractivity contribution in [3.05, 3.63) is 34.3 Å². The molecule has 0 radical (unpaired) electrons. The molecule has 0 unspecified atom stereocenters. The molecule has 0 aromatic heterocycles. The molecule has 0 aliphatic rings. The summed E-state index contributed by atoms with van der Waals surface area (Å²) in [5.74, 6) is -0.151. The third-order valence-corrected chi connectivity index (χ3v) is 3.42. The van der Waals surface area contributed by atoms with E-state index in [2.05, 4.69) is 19.2 Å². The number of halogens is 1. The maximum Gasteiger partial charge on any atom is 0.252 e. The summed E-state index contributed by atoms with van der Waals surface area (Å²) in [4.78, 5) is 12.1. The van der Waals surface area contributed by atoms with Crippen molar-refractivity contribution in [2.45, 2.75) is 33.6 Å². The van der Waals surface area contributed by atoms with Crippen LogP contribution in [0.4, 0.5) is 0 Å². The van der Waals surface area contributed by atoms with Crippen LogP contribution in [0.2, 0.25) is 5.02 Å². The predicted octanol–water partition coefficient (Wildman–Crippen LogP) is 3.18. The quantitative estimate of drug-likeness (QED) is 0.842. The Kier molecular flexibility index (Phi) is 5.83. The first-order valence-corrected chi connectivity index (χ1v) is 6.89. The fraction of sp³-hybridized carbons (Fsp3) is 0.533. The molecule has 0 fully saturated rings. The summed E-state index contributed by atoms with van der Waals surface area (Å²) in [6.45, 7) is 6.82. The van der Waals surface area contributed by atoms with Gasteiger partial charge in [-0.05, 0) is 42.9 Å². The highest BCUT2D eigenvalue weighted by molar-refractivity contribution is 6.33. The van der Waals surface area contributed by atoms with Crippen molar-refractivity contribution in [3.63, 3.8) is 0 Å². The summed E-state index contributed by atoms with van der Waals surface area (Å²) in [7, 11) is 0. The van der Waals surface area contributed by atoms with Gasteiger partial charge in [0.05, 0.1) is 10.6 Å². The summed E-state index contributed by atoms with van der Waals surface area (Å²) < 4.78 is 0. The van der Waals surface area contributed by atoms with E-state index in [1.54, 1.807) is 12.1 Å². The Morgan fingerprint density at radius 2 is 2.11 bits per heavy atom. The van der Waals surface area contributed by atoms with Gasteiger partial charge in [0, 0.05) is 13.2 Å². The van der Waals surface area contributed by atoms with Crippen LogP contribution < -0.4 is 5.32 Å². The minimum Gasteiger partial charge on any atom is -0.396 e. The molecule has 1 aromatic rings. The van der Waals surface area contributed by atoms with Crippen molar-refractivity contribution in [2.75, 3.05) is 13.2 Å². The Hall–Kier alpha value is -1.06. The number of aliphatic hydroxyl groups is 1. The number of carbonyl (C=O) groups excluding carboxylic acids is 1. The Morgan fingerprint density at radius 3 is 2.68 bits per heavy atom. The van der Waals surface area contributed by atoms with Crippen molar-refractivity contribution in [1.82, 2.24) is 5.32 Å². The second kappa shape index (κ2) is 6.92. The standard InChI is InChI=1S/C15H22ClNO2/c1-11-5-6-12(13(16)9-11)14(19)17-10-15(2,3)7-4-8-18/h5-6,9,18H,4,7-8,10H2,1-3H3,(H,17,19). The topological polar surface area (TPSA) is 49.3 Å². The summed E-state index contributed by atoms with van der Waals surface area (Å²) in [5.41, 5.74) is 1.50. The van der Waals surface area contributed by atoms with Gasteiger partial charge in [0.15, 0.2) is 0 Å². The predicted molar refractivity (Wildman–Crippen MR) is 78.6 cm³/mol. The first-order chi connectivity index (χ1) is 8.85. The number of rotatable bonds is 6. The lowest BCUT2D eigenvalue weighted by Crippen LogP contribution is -2.34. The van der Waals surface area contributed by atoms with Gasteiger partial charge in [-0.15, -0.1) is 0 Å². The Labute approximate surface area is 120 Å². The average molecular weight is 284 g/mol. The number of benzene rings is 1. The lowest BCUT2D eigenvalue weighted by molar-refractivity contribution is 0.0933. The van der Waals surface area contributed by atoms with Crippen LogP contribution >= 0.6 is 11.6 Å². The van der Waals surface area contributed by atoms with E-state index < -0.39 is 0 Å². The van der Waals surface area contributed by atoms with Crippen molar-refractivity contribution in [1.29, 1.82) is 0 Å². The van der Waals surface area contributed by atoms with Crippen LogP contribution in [-0.4, -0.2) is 24.2 Å². The third kappa shape index (κ3) is 5.21. The van der Waals surface area contributed by atoms with E-state index in [9.17, 15) is 4.79 Å². The van der Waals surface area contributed by atoms with Crippen LogP contribution in [0.3, 0.4) is 0 Å². The first kappa shape index (κ1) is 16.0. The second-order valence-electron chi connectivity index (χ2n) is 5.66. The van der Waals surface area contributed by atoms with E-state index >= 15 is 0 Å². The lowest BCUT2D eigenvalue weighted by atomic mass is 9.88. The molecule has 0 aliphatic heterocycles. The number of aryl methyl sites for hydroxylation is 1. The summed E-state index contributed by atoms with van der Waals surface area (Å²) in [6.07, 6.45) is 1.61. The van der Waals surface area contributed by atoms with E-state index in [1.165, 1.54) is 0 Å². The van der Waals surface area contributed by atoms with E-state index in [0.29, 0.717) is 17.1 Å². The Morgan fingerprint density at radius 1 is 1.42 bits per heavy atom. The van der Waals surface area contributed by atoms with Gasteiger partial charge in [-0.2, -0.15) is 0 Å². The zero-order chi connectivity index (χ0) is 14.5. The molecule has 3 nitrogen and oxygen atoms in total. The zero-order valence-electron chi connectivity index (χ0n) is 11.8. The van der Waals surface area contributed by atoms with Gasteiger partial charge in [0.1, 0.15) is 0 Å². The molecule has 0 atom stereocenters. The monoisotopic (exact) mass is 283 g/mol. The molecular weight excluding hydrogens is 262 g/mol. The number of hydrogen-bond donors (Lipinski definition) is 2. The highest BCUT2D eigenvalue weighted by Gasteiger charge is 2.19. The average Bonchev–Trinajstić information content (AvgIpc) is 2.34. The molecule has 0 spiro atoms. The van der Waals surface area contributed by atoms with Crippen LogP contribution in [0.25, 0.3) is 0 Å². The first-order valence-electron chi connectivity index (χ1n) is 6.51. The van der Waals surface area contributed by atoms with Crippen molar-refractivity contribution in [3.8, 4) is 0 Å². The molecule has 2 N–H and O–H groups in total. The molecule has 1 aromatic carbocycles. The van der Waals surface area contributed by atoms with Crippen LogP contribution in [0, 0.1) is 12.3 Å². The van der Waals surface area contributed by atoms with Crippen LogP contribution in [0.15, 0.2) is 18.2 Å². The molecule has 0 saturated heterocycles. The maximum absolute atomic E-state index is 12.1. The van der Waals surface area contributed by atoms with Crippen LogP contribution in [0.1, 0.15) is 42.6 Å². The van der Waals surface area contributed by atoms with Gasteiger partial charge in [-0.25, -0.2) is 0 Å². The minimum atomic E-state index is -0.151. The molecule has 0 heterocycles. The maximum atomic E-state index is 12.1. The van der Waals surface area contributed by atoms with Crippen molar-refractivity contribution in [2.24, 2.45) is 5.41 Å². The second-order valence-corrected chi connectivity index (χ2v) is 6.06. The highest BCUT2D eigenvalue weighted by Crippen LogP contribution is 2.22. The van der Waals surface area contributed by atoms with E-state index in [0.717, 1.165) is 18.4 Å². The van der Waals surface area contributed by atoms with E-state index in [-0.39, 0.29) is 17.9 Å². The molecule has 0 saturated carbocycles. The largest absolute Gasteiger partial charge is 0.396 e. The highest BCUT2D eigenvalue weighted by atomic mass is 35.5. The van der Waals surface area contributed by atoms with Gasteiger partial charge >= 0.3 is 0 Å². The van der Waals surface area contributed by atoms with Gasteiger partial charge in [-0.1, -0.05) is 31.5 Å². The van der Waals surface area contributed by atoms with Crippen LogP contribution in [0.5, 0.6) is 0 Å². The normalized spacial score (nSPS) is 11.4. The fourth-order valence-corrected chi connectivity index (χ4v) is 2.19. The van der Waals surface area contributed by atoms with Gasteiger partial charge in [0.2, 0.25) is 0 Å². The molecule has 0 aliphatic carbocycles. The molecule has 19 heavy (non-hydrogen) atoms. The van der Waals surface area contributed by atoms with Gasteiger partial charge in [0.25, 0.3) is 5.91 Å². The molecule has 0 bridgehead atoms. The lowest BCUT2D eigenvalue weighted by Gasteiger charge is -2.24. The third-order valence-electron chi connectivity index (χ3n) is 3.11. The number of carbonyl (C=O) groups is 1. The van der Waals surface area contributed by atoms with Crippen molar-refractivity contribution < 1.29 is 9.90 Å². The molecule has 106 valence electrons. The van der Waals surface area contributed by atoms with E-state index in [1.807, 2.05) is 13.0 Å². The number of amides is 1. The Balaban J connectivity index is 2.60. The summed E-state index contributed by atoms with van der Waals surface area (Å²) in [6, 6.07) is 5.40. The summed E-state index contributed by atoms with van der Waals surface area (Å²) in [5, 5.41) is 12.2. The number of hydrogen-bond acceptors (Lipinski definition) is 2. The summed E-state index contributed by atoms with van der Waals surface area (Å²) >= 11 is 6.06. The van der Waals surface area contributed by atoms with Crippen molar-refractivity contribution >= 4 is 17.5 Å². The zero-order valence-corrected chi connectivity index (χ0v) is 12.5. The van der Waals surface area contributed by atoms with Gasteiger partial charge < -0.3 is 10.4 Å². The SMILES string of the molecule is Cc1ccc(C(=O)NCC(C)(C)CCCO)c(Cl)c1. The smallest absolute Gasteiger partial charge is 0.252 e. The van der Waals surface area contributed by atoms with E-state index in [4.69, 9.17) is 16.7 Å². The number of nitrogens with one attached hydrogen (secondary N) is 1. The molecule has 1 amide bonds. The van der Waals surface area contributed by atoms with Crippen LogP contribution in [-0.2, 0) is 0 Å². The molecular formula is C15H22ClNO2. The molecule has 4 heteroatoms. The Bertz CT molecular complexity index is 444.